The highest BCUT2D eigenvalue weighted by molar-refractivity contribution is 6.00. The summed E-state index contributed by atoms with van der Waals surface area (Å²) in [4.78, 5) is 0. The van der Waals surface area contributed by atoms with Crippen molar-refractivity contribution in [1.82, 2.24) is 0 Å². The minimum Gasteiger partial charge on any atom is -0.425 e. The number of hydrogen-bond donors (Lipinski definition) is 2. The van der Waals surface area contributed by atoms with Crippen LogP contribution in [0, 0.1) is 30.6 Å². The topological polar surface area (TPSA) is 66.2 Å². The van der Waals surface area contributed by atoms with Crippen molar-refractivity contribution in [2.24, 2.45) is 5.92 Å². The van der Waals surface area contributed by atoms with E-state index in [0.29, 0.717) is 6.61 Å². The zero-order chi connectivity index (χ0) is 15.1. The lowest BCUT2D eigenvalue weighted by atomic mass is 10.0. The van der Waals surface area contributed by atoms with E-state index in [2.05, 4.69) is 0 Å². The molecule has 1 aromatic rings. The fourth-order valence-electron chi connectivity index (χ4n) is 2.10. The van der Waals surface area contributed by atoms with Gasteiger partial charge in [-0.2, -0.15) is 0 Å². The third kappa shape index (κ3) is 4.46. The number of benzene rings is 1. The van der Waals surface area contributed by atoms with E-state index in [0.717, 1.165) is 29.5 Å². The van der Waals surface area contributed by atoms with Crippen LogP contribution < -0.4 is 0 Å². The zero-order valence-electron chi connectivity index (χ0n) is 12.7. The number of rotatable bonds is 6. The number of nitrogens with one attached hydrogen (secondary N) is 2. The van der Waals surface area contributed by atoms with Crippen molar-refractivity contribution in [2.45, 2.75) is 33.6 Å². The van der Waals surface area contributed by atoms with Gasteiger partial charge in [-0.15, -0.1) is 0 Å². The summed E-state index contributed by atoms with van der Waals surface area (Å²) in [5.74, 6) is 0.193. The van der Waals surface area contributed by atoms with Gasteiger partial charge in [0.15, 0.2) is 5.90 Å². The van der Waals surface area contributed by atoms with Crippen LogP contribution in [-0.2, 0) is 9.47 Å². The molecule has 0 aliphatic heterocycles. The molecule has 1 aromatic carbocycles. The summed E-state index contributed by atoms with van der Waals surface area (Å²) < 4.78 is 10.5. The van der Waals surface area contributed by atoms with Crippen molar-refractivity contribution in [3.05, 3.63) is 34.9 Å². The predicted molar refractivity (Wildman–Crippen MR) is 81.8 cm³/mol. The summed E-state index contributed by atoms with van der Waals surface area (Å²) in [7, 11) is 1.65. The van der Waals surface area contributed by atoms with Gasteiger partial charge in [0.1, 0.15) is 0 Å². The monoisotopic (exact) mass is 276 g/mol. The molecule has 0 aromatic heterocycles. The standard InChI is InChI=1S/C16H24N2O2/c1-5-13(8-9-19-4)15(17)20-16(18)14-7-6-11(2)10-12(14)3/h6-7,10,13,17-18H,5,8-9H2,1-4H3. The lowest BCUT2D eigenvalue weighted by Gasteiger charge is -2.17. The lowest BCUT2D eigenvalue weighted by molar-refractivity contribution is 0.183. The zero-order valence-corrected chi connectivity index (χ0v) is 12.7. The maximum atomic E-state index is 8.02. The molecule has 0 aliphatic carbocycles. The fourth-order valence-corrected chi connectivity index (χ4v) is 2.10. The second-order valence-electron chi connectivity index (χ2n) is 5.00. The van der Waals surface area contributed by atoms with Crippen molar-refractivity contribution in [3.8, 4) is 0 Å². The summed E-state index contributed by atoms with van der Waals surface area (Å²) in [5.41, 5.74) is 2.88. The van der Waals surface area contributed by atoms with Crippen molar-refractivity contribution >= 4 is 11.8 Å². The van der Waals surface area contributed by atoms with Gasteiger partial charge in [0.2, 0.25) is 5.90 Å². The molecule has 0 amide bonds. The van der Waals surface area contributed by atoms with Gasteiger partial charge in [-0.1, -0.05) is 24.6 Å². The number of ether oxygens (including phenoxy) is 2. The van der Waals surface area contributed by atoms with Crippen molar-refractivity contribution in [2.75, 3.05) is 13.7 Å². The van der Waals surface area contributed by atoms with Gasteiger partial charge in [0.05, 0.1) is 0 Å². The molecule has 1 rings (SSSR count). The molecule has 1 atom stereocenters. The van der Waals surface area contributed by atoms with Crippen molar-refractivity contribution < 1.29 is 9.47 Å². The number of hydrogen-bond acceptors (Lipinski definition) is 4. The Labute approximate surface area is 121 Å². The Morgan fingerprint density at radius 3 is 2.50 bits per heavy atom. The van der Waals surface area contributed by atoms with Crippen LogP contribution >= 0.6 is 0 Å². The molecule has 0 radical (unpaired) electrons. The van der Waals surface area contributed by atoms with Crippen LogP contribution in [0.15, 0.2) is 18.2 Å². The van der Waals surface area contributed by atoms with Crippen molar-refractivity contribution in [3.63, 3.8) is 0 Å². The molecule has 0 heterocycles. The largest absolute Gasteiger partial charge is 0.425 e. The second kappa shape index (κ2) is 7.80. The minimum absolute atomic E-state index is 0.000976. The van der Waals surface area contributed by atoms with E-state index in [1.807, 2.05) is 39.0 Å². The molecule has 0 fully saturated rings. The molecule has 0 spiro atoms. The maximum absolute atomic E-state index is 8.02. The van der Waals surface area contributed by atoms with Gasteiger partial charge < -0.3 is 9.47 Å². The van der Waals surface area contributed by atoms with Gasteiger partial charge in [0, 0.05) is 25.2 Å². The summed E-state index contributed by atoms with van der Waals surface area (Å²) in [6.45, 7) is 6.58. The summed E-state index contributed by atoms with van der Waals surface area (Å²) in [5, 5.41) is 16.0. The normalized spacial score (nSPS) is 12.0. The Kier molecular flexibility index (Phi) is 6.39. The summed E-state index contributed by atoms with van der Waals surface area (Å²) in [6.07, 6.45) is 1.55. The predicted octanol–water partition coefficient (Wildman–Crippen LogP) is 3.69. The van der Waals surface area contributed by atoms with Crippen LogP contribution in [-0.4, -0.2) is 25.5 Å². The van der Waals surface area contributed by atoms with E-state index < -0.39 is 0 Å². The van der Waals surface area contributed by atoms with Crippen LogP contribution in [0.25, 0.3) is 0 Å². The molecule has 1 unspecified atom stereocenters. The fraction of sp³-hybridized carbons (Fsp3) is 0.500. The second-order valence-corrected chi connectivity index (χ2v) is 5.00. The molecule has 0 saturated heterocycles. The highest BCUT2D eigenvalue weighted by Crippen LogP contribution is 2.15. The first-order valence-electron chi connectivity index (χ1n) is 6.91. The molecule has 2 N–H and O–H groups in total. The molecule has 0 saturated carbocycles. The maximum Gasteiger partial charge on any atom is 0.221 e. The highest BCUT2D eigenvalue weighted by atomic mass is 16.5. The minimum atomic E-state index is 0.000976. The molecule has 20 heavy (non-hydrogen) atoms. The Morgan fingerprint density at radius 1 is 1.25 bits per heavy atom. The van der Waals surface area contributed by atoms with Crippen molar-refractivity contribution in [1.29, 1.82) is 10.8 Å². The molecule has 0 bridgehead atoms. The van der Waals surface area contributed by atoms with E-state index in [9.17, 15) is 0 Å². The van der Waals surface area contributed by atoms with E-state index in [1.54, 1.807) is 7.11 Å². The van der Waals surface area contributed by atoms with Crippen LogP contribution in [0.3, 0.4) is 0 Å². The number of aryl methyl sites for hydroxylation is 2. The van der Waals surface area contributed by atoms with Gasteiger partial charge in [-0.05, 0) is 38.3 Å². The molecular weight excluding hydrogens is 252 g/mol. The Balaban J connectivity index is 2.71. The summed E-state index contributed by atoms with van der Waals surface area (Å²) in [6, 6.07) is 5.83. The molecule has 110 valence electrons. The van der Waals surface area contributed by atoms with E-state index in [4.69, 9.17) is 20.3 Å². The first kappa shape index (κ1) is 16.4. The van der Waals surface area contributed by atoms with Crippen LogP contribution in [0.5, 0.6) is 0 Å². The SMILES string of the molecule is CCC(CCOC)C(=N)OC(=N)c1ccc(C)cc1C. The quantitative estimate of drug-likeness (QED) is 0.614. The van der Waals surface area contributed by atoms with E-state index >= 15 is 0 Å². The van der Waals surface area contributed by atoms with E-state index in [1.165, 1.54) is 0 Å². The molecule has 0 aliphatic rings. The van der Waals surface area contributed by atoms with Gasteiger partial charge in [-0.25, -0.2) is 0 Å². The Hall–Kier alpha value is -1.68. The van der Waals surface area contributed by atoms with Crippen LogP contribution in [0.2, 0.25) is 0 Å². The molecule has 4 heteroatoms. The Morgan fingerprint density at radius 2 is 1.95 bits per heavy atom. The lowest BCUT2D eigenvalue weighted by Crippen LogP contribution is -2.22. The smallest absolute Gasteiger partial charge is 0.221 e. The highest BCUT2D eigenvalue weighted by Gasteiger charge is 2.17. The van der Waals surface area contributed by atoms with Gasteiger partial charge >= 0.3 is 0 Å². The van der Waals surface area contributed by atoms with Gasteiger partial charge in [-0.3, -0.25) is 10.8 Å². The van der Waals surface area contributed by atoms with Crippen LogP contribution in [0.1, 0.15) is 36.5 Å². The average molecular weight is 276 g/mol. The Bertz CT molecular complexity index is 483. The first-order valence-corrected chi connectivity index (χ1v) is 6.91. The molecule has 4 nitrogen and oxygen atoms in total. The number of methoxy groups -OCH3 is 1. The molecular formula is C16H24N2O2. The van der Waals surface area contributed by atoms with E-state index in [-0.39, 0.29) is 17.7 Å². The first-order chi connectivity index (χ1) is 9.49. The van der Waals surface area contributed by atoms with Gasteiger partial charge in [0.25, 0.3) is 0 Å². The average Bonchev–Trinajstić information content (AvgIpc) is 2.39. The third-order valence-corrected chi connectivity index (χ3v) is 3.37. The third-order valence-electron chi connectivity index (χ3n) is 3.37. The van der Waals surface area contributed by atoms with Crippen LogP contribution in [0.4, 0.5) is 0 Å². The summed E-state index contributed by atoms with van der Waals surface area (Å²) >= 11 is 0.